The molecule has 0 aliphatic carbocycles. The molecule has 1 aromatic heterocycles. The van der Waals surface area contributed by atoms with Crippen molar-refractivity contribution >= 4 is 40.8 Å². The Bertz CT molecular complexity index is 818. The summed E-state index contributed by atoms with van der Waals surface area (Å²) in [6.07, 6.45) is -4.48. The van der Waals surface area contributed by atoms with Crippen LogP contribution in [0.1, 0.15) is 11.4 Å². The second-order valence-electron chi connectivity index (χ2n) is 6.15. The van der Waals surface area contributed by atoms with Gasteiger partial charge in [0.1, 0.15) is 0 Å². The smallest absolute Gasteiger partial charge is 0.338 e. The fraction of sp³-hybridized carbons (Fsp3) is 0.438. The van der Waals surface area contributed by atoms with Gasteiger partial charge in [-0.25, -0.2) is 4.98 Å². The van der Waals surface area contributed by atoms with Gasteiger partial charge in [-0.3, -0.25) is 0 Å². The van der Waals surface area contributed by atoms with Crippen molar-refractivity contribution in [3.63, 3.8) is 0 Å². The molecule has 1 aliphatic rings. The summed E-state index contributed by atoms with van der Waals surface area (Å²) >= 11 is 17.8. The van der Waals surface area contributed by atoms with E-state index in [1.807, 2.05) is 11.9 Å². The van der Waals surface area contributed by atoms with Crippen LogP contribution in [0.3, 0.4) is 0 Å². The van der Waals surface area contributed by atoms with Crippen LogP contribution in [-0.4, -0.2) is 53.1 Å². The number of piperazine rings is 1. The number of anilines is 1. The Morgan fingerprint density at radius 2 is 1.63 bits per heavy atom. The Morgan fingerprint density at radius 1 is 0.963 bits per heavy atom. The van der Waals surface area contributed by atoms with Crippen molar-refractivity contribution < 1.29 is 13.2 Å². The monoisotopic (exact) mass is 439 g/mol. The van der Waals surface area contributed by atoms with E-state index in [1.54, 1.807) is 0 Å². The van der Waals surface area contributed by atoms with Gasteiger partial charge >= 0.3 is 6.18 Å². The van der Waals surface area contributed by atoms with E-state index < -0.39 is 15.5 Å². The second-order valence-corrected chi connectivity index (χ2v) is 8.43. The van der Waals surface area contributed by atoms with E-state index in [2.05, 4.69) is 19.9 Å². The first-order valence-corrected chi connectivity index (χ1v) is 9.12. The Morgan fingerprint density at radius 3 is 2.22 bits per heavy atom. The molecule has 0 atom stereocenters. The maximum absolute atomic E-state index is 13.0. The average Bonchev–Trinajstić information content (AvgIpc) is 2.60. The second kappa shape index (κ2) is 7.58. The van der Waals surface area contributed by atoms with Gasteiger partial charge in [-0.1, -0.05) is 46.9 Å². The molecule has 1 aliphatic heterocycles. The molecule has 146 valence electrons. The Kier molecular flexibility index (Phi) is 5.72. The number of aromatic nitrogens is 3. The van der Waals surface area contributed by atoms with E-state index in [0.29, 0.717) is 13.1 Å². The number of nitrogens with zero attached hydrogens (tertiary/aromatic N) is 5. The van der Waals surface area contributed by atoms with E-state index in [4.69, 9.17) is 34.8 Å². The van der Waals surface area contributed by atoms with Crippen LogP contribution in [0, 0.1) is 0 Å². The number of alkyl halides is 6. The number of hydrogen-bond acceptors (Lipinski definition) is 5. The van der Waals surface area contributed by atoms with Crippen LogP contribution in [-0.2, 0) is 9.97 Å². The third kappa shape index (κ3) is 4.93. The van der Waals surface area contributed by atoms with Gasteiger partial charge in [-0.05, 0) is 19.2 Å². The van der Waals surface area contributed by atoms with Gasteiger partial charge in [0.25, 0.3) is 0 Å². The fourth-order valence-electron chi connectivity index (χ4n) is 2.60. The molecule has 1 saturated heterocycles. The van der Waals surface area contributed by atoms with Crippen LogP contribution in [0.25, 0.3) is 11.4 Å². The van der Waals surface area contributed by atoms with Crippen molar-refractivity contribution in [2.45, 2.75) is 9.97 Å². The maximum atomic E-state index is 13.0. The third-order valence-corrected chi connectivity index (χ3v) is 4.62. The zero-order valence-corrected chi connectivity index (χ0v) is 16.4. The lowest BCUT2D eigenvalue weighted by Crippen LogP contribution is -2.45. The first-order valence-electron chi connectivity index (χ1n) is 7.98. The largest absolute Gasteiger partial charge is 0.416 e. The van der Waals surface area contributed by atoms with Crippen LogP contribution in [0.4, 0.5) is 19.1 Å². The standard InChI is InChI=1S/C16H15Cl3F3N5/c1-26-5-7-27(8-6-26)14-24-12(23-13(25-14)15(17,18)19)10-3-2-4-11(9-10)16(20,21)22/h2-4,9H,5-8H2,1H3. The van der Waals surface area contributed by atoms with Crippen LogP contribution < -0.4 is 4.90 Å². The van der Waals surface area contributed by atoms with Crippen molar-refractivity contribution in [2.75, 3.05) is 38.1 Å². The molecule has 1 fully saturated rings. The van der Waals surface area contributed by atoms with Gasteiger partial charge in [-0.2, -0.15) is 23.1 Å². The molecule has 2 heterocycles. The van der Waals surface area contributed by atoms with Gasteiger partial charge in [0, 0.05) is 31.7 Å². The zero-order chi connectivity index (χ0) is 19.8. The number of rotatable bonds is 2. The van der Waals surface area contributed by atoms with Gasteiger partial charge in [0.15, 0.2) is 11.6 Å². The van der Waals surface area contributed by atoms with Crippen LogP contribution >= 0.6 is 34.8 Å². The first kappa shape index (κ1) is 20.4. The van der Waals surface area contributed by atoms with Crippen molar-refractivity contribution in [1.82, 2.24) is 19.9 Å². The van der Waals surface area contributed by atoms with Crippen molar-refractivity contribution in [1.29, 1.82) is 0 Å². The molecule has 2 aromatic rings. The van der Waals surface area contributed by atoms with Crippen LogP contribution in [0.5, 0.6) is 0 Å². The van der Waals surface area contributed by atoms with Crippen LogP contribution in [0.15, 0.2) is 24.3 Å². The zero-order valence-electron chi connectivity index (χ0n) is 14.1. The molecular weight excluding hydrogens is 426 g/mol. The minimum atomic E-state index is -4.48. The minimum absolute atomic E-state index is 0.0198. The molecule has 3 rings (SSSR count). The highest BCUT2D eigenvalue weighted by Gasteiger charge is 2.32. The minimum Gasteiger partial charge on any atom is -0.338 e. The number of halogens is 6. The molecular formula is C16H15Cl3F3N5. The Balaban J connectivity index is 2.06. The quantitative estimate of drug-likeness (QED) is 0.657. The van der Waals surface area contributed by atoms with Gasteiger partial charge in [0.05, 0.1) is 5.56 Å². The van der Waals surface area contributed by atoms with Crippen LogP contribution in [0.2, 0.25) is 0 Å². The van der Waals surface area contributed by atoms with Gasteiger partial charge in [0.2, 0.25) is 9.74 Å². The summed E-state index contributed by atoms with van der Waals surface area (Å²) in [6, 6.07) is 4.69. The van der Waals surface area contributed by atoms with E-state index >= 15 is 0 Å². The summed E-state index contributed by atoms with van der Waals surface area (Å²) in [4.78, 5) is 16.7. The summed E-state index contributed by atoms with van der Waals surface area (Å²) in [7, 11) is 1.99. The number of likely N-dealkylation sites (N-methyl/N-ethyl adjacent to an activating group) is 1. The highest BCUT2D eigenvalue weighted by molar-refractivity contribution is 6.66. The lowest BCUT2D eigenvalue weighted by Gasteiger charge is -2.32. The molecule has 0 saturated carbocycles. The maximum Gasteiger partial charge on any atom is 0.416 e. The summed E-state index contributed by atoms with van der Waals surface area (Å²) in [5.41, 5.74) is -0.643. The predicted octanol–water partition coefficient (Wildman–Crippen LogP) is 4.14. The highest BCUT2D eigenvalue weighted by atomic mass is 35.6. The van der Waals surface area contributed by atoms with Crippen molar-refractivity contribution in [3.8, 4) is 11.4 Å². The molecule has 0 bridgehead atoms. The molecule has 5 nitrogen and oxygen atoms in total. The van der Waals surface area contributed by atoms with E-state index in [9.17, 15) is 13.2 Å². The number of hydrogen-bond donors (Lipinski definition) is 0. The highest BCUT2D eigenvalue weighted by Crippen LogP contribution is 2.38. The SMILES string of the molecule is CN1CCN(c2nc(-c3cccc(C(F)(F)F)c3)nc(C(Cl)(Cl)Cl)n2)CC1. The Hall–Kier alpha value is -1.35. The summed E-state index contributed by atoms with van der Waals surface area (Å²) in [6.45, 7) is 2.85. The molecule has 0 spiro atoms. The lowest BCUT2D eigenvalue weighted by atomic mass is 10.1. The normalized spacial score (nSPS) is 16.6. The summed E-state index contributed by atoms with van der Waals surface area (Å²) < 4.78 is 37.2. The van der Waals surface area contributed by atoms with Gasteiger partial charge < -0.3 is 9.80 Å². The van der Waals surface area contributed by atoms with E-state index in [0.717, 1.165) is 25.2 Å². The molecule has 1 aromatic carbocycles. The van der Waals surface area contributed by atoms with Crippen molar-refractivity contribution in [3.05, 3.63) is 35.7 Å². The molecule has 0 radical (unpaired) electrons. The fourth-order valence-corrected chi connectivity index (χ4v) is 2.86. The molecule has 0 unspecified atom stereocenters. The summed E-state index contributed by atoms with van der Waals surface area (Å²) in [5, 5.41) is 0. The Labute approximate surface area is 169 Å². The molecule has 0 N–H and O–H groups in total. The topological polar surface area (TPSA) is 45.2 Å². The average molecular weight is 441 g/mol. The molecule has 11 heteroatoms. The summed E-state index contributed by atoms with van der Waals surface area (Å²) in [5.74, 6) is 0.155. The third-order valence-electron chi connectivity index (χ3n) is 4.11. The first-order chi connectivity index (χ1) is 12.5. The lowest BCUT2D eigenvalue weighted by molar-refractivity contribution is -0.137. The molecule has 0 amide bonds. The van der Waals surface area contributed by atoms with Crippen molar-refractivity contribution in [2.24, 2.45) is 0 Å². The van der Waals surface area contributed by atoms with E-state index in [-0.39, 0.29) is 23.2 Å². The number of benzene rings is 1. The van der Waals surface area contributed by atoms with Gasteiger partial charge in [-0.15, -0.1) is 0 Å². The molecule has 27 heavy (non-hydrogen) atoms. The van der Waals surface area contributed by atoms with E-state index in [1.165, 1.54) is 12.1 Å². The predicted molar refractivity (Wildman–Crippen MR) is 99.2 cm³/mol.